The highest BCUT2D eigenvalue weighted by molar-refractivity contribution is 5.70. The van der Waals surface area contributed by atoms with E-state index in [1.807, 2.05) is 6.07 Å². The van der Waals surface area contributed by atoms with Crippen LogP contribution in [0.1, 0.15) is 29.2 Å². The van der Waals surface area contributed by atoms with Crippen molar-refractivity contribution in [2.75, 3.05) is 7.05 Å². The van der Waals surface area contributed by atoms with Crippen LogP contribution in [0.15, 0.2) is 48.2 Å². The second-order valence-electron chi connectivity index (χ2n) is 6.32. The lowest BCUT2D eigenvalue weighted by molar-refractivity contribution is -0.127. The fraction of sp³-hybridized carbons (Fsp3) is 0.286. The van der Waals surface area contributed by atoms with E-state index in [-0.39, 0.29) is 11.4 Å². The van der Waals surface area contributed by atoms with E-state index in [2.05, 4.69) is 5.32 Å². The summed E-state index contributed by atoms with van der Waals surface area (Å²) in [5, 5.41) is 11.9. The molecule has 2 nitrogen and oxygen atoms in total. The molecule has 1 N–H and O–H groups in total. The number of nitrogens with one attached hydrogen (secondary N) is 1. The Balaban J connectivity index is 2.36. The quantitative estimate of drug-likeness (QED) is 0.556. The van der Waals surface area contributed by atoms with Crippen LogP contribution in [0, 0.1) is 17.1 Å². The Labute approximate surface area is 156 Å². The summed E-state index contributed by atoms with van der Waals surface area (Å²) in [6.45, 7) is 1.70. The Bertz CT molecular complexity index is 859. The molecule has 0 aliphatic rings. The Kier molecular flexibility index (Phi) is 6.62. The average Bonchev–Trinajstić information content (AvgIpc) is 2.60. The predicted molar refractivity (Wildman–Crippen MR) is 97.3 cm³/mol. The van der Waals surface area contributed by atoms with Gasteiger partial charge in [-0.05, 0) is 59.7 Å². The average molecular weight is 376 g/mol. The summed E-state index contributed by atoms with van der Waals surface area (Å²) in [5.74, 6) is -0.329. The Hall–Kier alpha value is -2.81. The van der Waals surface area contributed by atoms with Gasteiger partial charge in [0.15, 0.2) is 0 Å². The molecular formula is C21H20F4N2. The van der Waals surface area contributed by atoms with Crippen LogP contribution in [0.3, 0.4) is 0 Å². The first-order valence-electron chi connectivity index (χ1n) is 8.45. The number of rotatable bonds is 6. The van der Waals surface area contributed by atoms with Crippen molar-refractivity contribution < 1.29 is 17.6 Å². The molecule has 0 aromatic heterocycles. The zero-order valence-corrected chi connectivity index (χ0v) is 15.1. The smallest absolute Gasteiger partial charge is 0.379 e. The van der Waals surface area contributed by atoms with Crippen molar-refractivity contribution in [3.63, 3.8) is 0 Å². The predicted octanol–water partition coefficient (Wildman–Crippen LogP) is 5.19. The minimum absolute atomic E-state index is 0.154. The maximum Gasteiger partial charge on any atom is 0.393 e. The van der Waals surface area contributed by atoms with Gasteiger partial charge in [0, 0.05) is 7.05 Å². The lowest BCUT2D eigenvalue weighted by Gasteiger charge is -2.13. The summed E-state index contributed by atoms with van der Waals surface area (Å²) in [7, 11) is 1.59. The van der Waals surface area contributed by atoms with Gasteiger partial charge in [-0.2, -0.15) is 18.4 Å². The molecule has 0 saturated heterocycles. The third-order valence-electron chi connectivity index (χ3n) is 4.24. The van der Waals surface area contributed by atoms with E-state index in [0.717, 1.165) is 11.1 Å². The van der Waals surface area contributed by atoms with Crippen LogP contribution in [0.5, 0.6) is 0 Å². The van der Waals surface area contributed by atoms with Gasteiger partial charge in [-0.1, -0.05) is 30.3 Å². The van der Waals surface area contributed by atoms with Crippen LogP contribution in [0.4, 0.5) is 17.6 Å². The summed E-state index contributed by atoms with van der Waals surface area (Å²) >= 11 is 0. The first-order chi connectivity index (χ1) is 12.7. The van der Waals surface area contributed by atoms with E-state index in [1.54, 1.807) is 38.2 Å². The second kappa shape index (κ2) is 8.72. The van der Waals surface area contributed by atoms with Crippen LogP contribution in [-0.4, -0.2) is 13.2 Å². The summed E-state index contributed by atoms with van der Waals surface area (Å²) in [5.41, 5.74) is 3.28. The van der Waals surface area contributed by atoms with Crippen molar-refractivity contribution >= 4 is 5.57 Å². The second-order valence-corrected chi connectivity index (χ2v) is 6.32. The van der Waals surface area contributed by atoms with Crippen molar-refractivity contribution in [1.82, 2.24) is 5.32 Å². The topological polar surface area (TPSA) is 35.8 Å². The Morgan fingerprint density at radius 2 is 1.59 bits per heavy atom. The van der Waals surface area contributed by atoms with E-state index in [0.29, 0.717) is 29.7 Å². The number of nitriles is 1. The van der Waals surface area contributed by atoms with Crippen LogP contribution in [-0.2, 0) is 19.3 Å². The van der Waals surface area contributed by atoms with Gasteiger partial charge in [0.2, 0.25) is 0 Å². The van der Waals surface area contributed by atoms with Gasteiger partial charge >= 0.3 is 6.18 Å². The summed E-state index contributed by atoms with van der Waals surface area (Å²) < 4.78 is 51.6. The zero-order chi connectivity index (χ0) is 20.0. The zero-order valence-electron chi connectivity index (χ0n) is 15.1. The largest absolute Gasteiger partial charge is 0.393 e. The van der Waals surface area contributed by atoms with Crippen molar-refractivity contribution in [2.45, 2.75) is 32.4 Å². The summed E-state index contributed by atoms with van der Waals surface area (Å²) in [6.07, 6.45) is -4.25. The van der Waals surface area contributed by atoms with E-state index in [1.165, 1.54) is 18.2 Å². The number of nitrogens with zero attached hydrogens (tertiary/aromatic N) is 1. The molecule has 0 radical (unpaired) electrons. The highest BCUT2D eigenvalue weighted by Crippen LogP contribution is 2.26. The molecule has 0 fully saturated rings. The van der Waals surface area contributed by atoms with Crippen molar-refractivity contribution in [3.05, 3.63) is 76.2 Å². The fourth-order valence-corrected chi connectivity index (χ4v) is 2.87. The van der Waals surface area contributed by atoms with Crippen LogP contribution < -0.4 is 5.32 Å². The van der Waals surface area contributed by atoms with E-state index < -0.39 is 12.6 Å². The molecule has 2 rings (SSSR count). The molecule has 142 valence electrons. The number of hydrogen-bond acceptors (Lipinski definition) is 2. The van der Waals surface area contributed by atoms with Crippen LogP contribution in [0.2, 0.25) is 0 Å². The van der Waals surface area contributed by atoms with Crippen molar-refractivity contribution in [2.24, 2.45) is 0 Å². The molecule has 0 heterocycles. The summed E-state index contributed by atoms with van der Waals surface area (Å²) in [4.78, 5) is 0. The lowest BCUT2D eigenvalue weighted by atomic mass is 9.95. The molecule has 0 atom stereocenters. The monoisotopic (exact) mass is 376 g/mol. The van der Waals surface area contributed by atoms with Crippen LogP contribution >= 0.6 is 0 Å². The number of allylic oxidation sites excluding steroid dienone is 2. The van der Waals surface area contributed by atoms with E-state index in [9.17, 15) is 22.8 Å². The van der Waals surface area contributed by atoms with Crippen LogP contribution in [0.25, 0.3) is 5.57 Å². The minimum atomic E-state index is -4.31. The van der Waals surface area contributed by atoms with Gasteiger partial charge in [0.05, 0.1) is 6.42 Å². The Morgan fingerprint density at radius 1 is 1.00 bits per heavy atom. The third-order valence-corrected chi connectivity index (χ3v) is 4.24. The molecule has 2 aromatic carbocycles. The van der Waals surface area contributed by atoms with Gasteiger partial charge in [-0.3, -0.25) is 0 Å². The molecule has 0 bridgehead atoms. The maximum absolute atomic E-state index is 13.0. The number of benzene rings is 2. The minimum Gasteiger partial charge on any atom is -0.379 e. The molecular weight excluding hydrogens is 356 g/mol. The van der Waals surface area contributed by atoms with E-state index in [4.69, 9.17) is 0 Å². The van der Waals surface area contributed by atoms with E-state index >= 15 is 0 Å². The Morgan fingerprint density at radius 3 is 2.15 bits per heavy atom. The molecule has 0 unspecified atom stereocenters. The maximum atomic E-state index is 13.0. The first kappa shape index (κ1) is 20.5. The highest BCUT2D eigenvalue weighted by atomic mass is 19.4. The van der Waals surface area contributed by atoms with Gasteiger partial charge in [-0.25, -0.2) is 4.39 Å². The number of aryl methyl sites for hydroxylation is 2. The number of halogens is 4. The standard InChI is InChI=1S/C21H20F4N2/c1-14(20(13-26)27-2)18-10-16(9-17(11-18)12-21(23,24)25)4-3-15-5-7-19(22)8-6-15/h5-11,27H,3-4,12H2,1-2H3/b20-14+. The SMILES string of the molecule is CN/C(C#N)=C(\C)c1cc(CCc2ccc(F)cc2)cc(CC(F)(F)F)c1. The number of alkyl halides is 3. The molecule has 0 spiro atoms. The molecule has 6 heteroatoms. The molecule has 0 amide bonds. The molecule has 27 heavy (non-hydrogen) atoms. The highest BCUT2D eigenvalue weighted by Gasteiger charge is 2.28. The number of hydrogen-bond donors (Lipinski definition) is 1. The fourth-order valence-electron chi connectivity index (χ4n) is 2.87. The van der Waals surface area contributed by atoms with Crippen molar-refractivity contribution in [3.8, 4) is 6.07 Å². The van der Waals surface area contributed by atoms with Crippen molar-refractivity contribution in [1.29, 1.82) is 5.26 Å². The van der Waals surface area contributed by atoms with Gasteiger partial charge < -0.3 is 5.32 Å². The first-order valence-corrected chi connectivity index (χ1v) is 8.45. The molecule has 0 aliphatic carbocycles. The molecule has 0 aliphatic heterocycles. The van der Waals surface area contributed by atoms with Gasteiger partial charge in [0.25, 0.3) is 0 Å². The summed E-state index contributed by atoms with van der Waals surface area (Å²) in [6, 6.07) is 12.9. The lowest BCUT2D eigenvalue weighted by Crippen LogP contribution is -2.12. The molecule has 0 saturated carbocycles. The molecule has 2 aromatic rings. The normalized spacial score (nSPS) is 12.3. The third kappa shape index (κ3) is 6.14. The van der Waals surface area contributed by atoms with Gasteiger partial charge in [-0.15, -0.1) is 0 Å². The van der Waals surface area contributed by atoms with Gasteiger partial charge in [0.1, 0.15) is 17.6 Å².